The first-order valence-corrected chi connectivity index (χ1v) is 10.6. The van der Waals surface area contributed by atoms with Crippen molar-refractivity contribution in [3.63, 3.8) is 0 Å². The van der Waals surface area contributed by atoms with Crippen molar-refractivity contribution in [2.24, 2.45) is 5.92 Å². The van der Waals surface area contributed by atoms with Gasteiger partial charge in [0.05, 0.1) is 27.6 Å². The van der Waals surface area contributed by atoms with E-state index in [-0.39, 0.29) is 22.9 Å². The van der Waals surface area contributed by atoms with Crippen molar-refractivity contribution in [3.05, 3.63) is 67.7 Å². The number of nitrogens with one attached hydrogen (secondary N) is 1. The molecule has 0 aliphatic rings. The lowest BCUT2D eigenvalue weighted by Crippen LogP contribution is -2.26. The number of fused-ring (bicyclic) bond motifs is 1. The molecule has 0 saturated carbocycles. The second-order valence-electron chi connectivity index (χ2n) is 7.12. The van der Waals surface area contributed by atoms with E-state index in [9.17, 15) is 24.1 Å². The first kappa shape index (κ1) is 22.7. The highest BCUT2D eigenvalue weighted by Gasteiger charge is 2.19. The number of carbonyl (C=O) groups excluding carboxylic acids is 1. The summed E-state index contributed by atoms with van der Waals surface area (Å²) in [7, 11) is 0. The molecule has 1 N–H and O–H groups in total. The Morgan fingerprint density at radius 3 is 2.74 bits per heavy atom. The number of amides is 1. The van der Waals surface area contributed by atoms with Crippen LogP contribution in [0.3, 0.4) is 0 Å². The number of benzene rings is 2. The molecule has 0 fully saturated rings. The monoisotopic (exact) mass is 464 g/mol. The second kappa shape index (κ2) is 9.44. The Bertz CT molecular complexity index is 1230. The summed E-state index contributed by atoms with van der Waals surface area (Å²) in [5.74, 6) is -1.35. The molecule has 0 aliphatic carbocycles. The number of halogens is 2. The number of thioether (sulfide) groups is 1. The van der Waals surface area contributed by atoms with Crippen LogP contribution in [0.2, 0.25) is 5.02 Å². The maximum absolute atomic E-state index is 13.3. The molecule has 0 unspecified atom stereocenters. The first-order valence-electron chi connectivity index (χ1n) is 9.22. The highest BCUT2D eigenvalue weighted by molar-refractivity contribution is 7.99. The topological polar surface area (TPSA) is 107 Å². The van der Waals surface area contributed by atoms with E-state index in [0.29, 0.717) is 27.6 Å². The minimum Gasteiger partial charge on any atom is -0.320 e. The van der Waals surface area contributed by atoms with Gasteiger partial charge in [-0.3, -0.25) is 24.3 Å². The van der Waals surface area contributed by atoms with E-state index >= 15 is 0 Å². The highest BCUT2D eigenvalue weighted by Crippen LogP contribution is 2.26. The summed E-state index contributed by atoms with van der Waals surface area (Å²) < 4.78 is 14.8. The summed E-state index contributed by atoms with van der Waals surface area (Å²) in [6.07, 6.45) is 0. The molecule has 8 nitrogen and oxygen atoms in total. The van der Waals surface area contributed by atoms with Gasteiger partial charge < -0.3 is 5.32 Å². The zero-order valence-corrected chi connectivity index (χ0v) is 18.2. The molecule has 162 valence electrons. The van der Waals surface area contributed by atoms with Crippen molar-refractivity contribution < 1.29 is 14.1 Å². The van der Waals surface area contributed by atoms with Crippen LogP contribution in [0.1, 0.15) is 13.8 Å². The van der Waals surface area contributed by atoms with E-state index < -0.39 is 22.3 Å². The number of carbonyl (C=O) groups is 1. The Kier molecular flexibility index (Phi) is 6.91. The Balaban J connectivity index is 1.87. The number of hydrogen-bond acceptors (Lipinski definition) is 6. The summed E-state index contributed by atoms with van der Waals surface area (Å²) in [4.78, 5) is 40.1. The van der Waals surface area contributed by atoms with Gasteiger partial charge in [0.25, 0.3) is 11.2 Å². The fourth-order valence-electron chi connectivity index (χ4n) is 2.89. The van der Waals surface area contributed by atoms with Gasteiger partial charge in [0.15, 0.2) is 5.16 Å². The van der Waals surface area contributed by atoms with E-state index in [4.69, 9.17) is 11.6 Å². The van der Waals surface area contributed by atoms with E-state index in [1.54, 1.807) is 18.2 Å². The molecule has 0 atom stereocenters. The third-order valence-corrected chi connectivity index (χ3v) is 5.40. The number of nitro benzene ring substituents is 1. The lowest BCUT2D eigenvalue weighted by atomic mass is 10.2. The molecule has 11 heteroatoms. The minimum atomic E-state index is -0.782. The van der Waals surface area contributed by atoms with E-state index in [2.05, 4.69) is 10.3 Å². The van der Waals surface area contributed by atoms with Gasteiger partial charge in [0, 0.05) is 11.6 Å². The van der Waals surface area contributed by atoms with Crippen LogP contribution in [0.5, 0.6) is 0 Å². The molecule has 1 aromatic heterocycles. The number of nitro groups is 1. The molecule has 1 amide bonds. The summed E-state index contributed by atoms with van der Waals surface area (Å²) in [6, 6.07) is 7.68. The van der Waals surface area contributed by atoms with Crippen molar-refractivity contribution in [1.29, 1.82) is 0 Å². The molecule has 3 rings (SSSR count). The molecule has 1 heterocycles. The summed E-state index contributed by atoms with van der Waals surface area (Å²) in [5.41, 5.74) is -0.495. The Morgan fingerprint density at radius 1 is 1.32 bits per heavy atom. The molecular weight excluding hydrogens is 447 g/mol. The maximum atomic E-state index is 13.3. The highest BCUT2D eigenvalue weighted by atomic mass is 35.5. The Hall–Kier alpha value is -2.98. The fourth-order valence-corrected chi connectivity index (χ4v) is 3.86. The smallest absolute Gasteiger partial charge is 0.295 e. The van der Waals surface area contributed by atoms with Gasteiger partial charge >= 0.3 is 0 Å². The Morgan fingerprint density at radius 2 is 2.06 bits per heavy atom. The van der Waals surface area contributed by atoms with Gasteiger partial charge in [-0.15, -0.1) is 0 Å². The predicted molar refractivity (Wildman–Crippen MR) is 118 cm³/mol. The third kappa shape index (κ3) is 5.39. The number of aromatic nitrogens is 2. The van der Waals surface area contributed by atoms with Crippen molar-refractivity contribution >= 4 is 51.5 Å². The maximum Gasteiger partial charge on any atom is 0.295 e. The van der Waals surface area contributed by atoms with Crippen LogP contribution < -0.4 is 10.9 Å². The molecule has 31 heavy (non-hydrogen) atoms. The molecule has 0 bridgehead atoms. The quantitative estimate of drug-likeness (QED) is 0.239. The normalized spacial score (nSPS) is 11.1. The van der Waals surface area contributed by atoms with Crippen molar-refractivity contribution in [3.8, 4) is 0 Å². The van der Waals surface area contributed by atoms with Gasteiger partial charge in [-0.05, 0) is 36.2 Å². The SMILES string of the molecule is CC(C)Cn1c(SCC(=O)Nc2ccc(F)cc2[N+](=O)[O-])nc2cc(Cl)ccc2c1=O. The second-order valence-corrected chi connectivity index (χ2v) is 8.50. The number of nitrogens with zero attached hydrogens (tertiary/aromatic N) is 3. The van der Waals surface area contributed by atoms with Crippen molar-refractivity contribution in [1.82, 2.24) is 9.55 Å². The summed E-state index contributed by atoms with van der Waals surface area (Å²) >= 11 is 7.04. The van der Waals surface area contributed by atoms with Gasteiger partial charge in [-0.25, -0.2) is 9.37 Å². The largest absolute Gasteiger partial charge is 0.320 e. The van der Waals surface area contributed by atoms with Crippen LogP contribution in [-0.2, 0) is 11.3 Å². The van der Waals surface area contributed by atoms with Gasteiger partial charge in [-0.2, -0.15) is 0 Å². The van der Waals surface area contributed by atoms with Crippen LogP contribution in [0.15, 0.2) is 46.3 Å². The summed E-state index contributed by atoms with van der Waals surface area (Å²) in [5, 5.41) is 14.7. The van der Waals surface area contributed by atoms with Crippen LogP contribution in [0.4, 0.5) is 15.8 Å². The standard InChI is InChI=1S/C20H18ClFN4O4S/c1-11(2)9-25-19(28)14-5-3-12(21)7-16(14)24-20(25)31-10-18(27)23-15-6-4-13(22)8-17(15)26(29)30/h3-8,11H,9-10H2,1-2H3,(H,23,27). The molecule has 3 aromatic rings. The molecule has 2 aromatic carbocycles. The minimum absolute atomic E-state index is 0.116. The van der Waals surface area contributed by atoms with E-state index in [1.807, 2.05) is 13.8 Å². The summed E-state index contributed by atoms with van der Waals surface area (Å²) in [6.45, 7) is 4.30. The van der Waals surface area contributed by atoms with Crippen molar-refractivity contribution in [2.75, 3.05) is 11.1 Å². The molecule has 0 aliphatic heterocycles. The van der Waals surface area contributed by atoms with E-state index in [1.165, 1.54) is 4.57 Å². The number of rotatable bonds is 7. The van der Waals surface area contributed by atoms with Gasteiger partial charge in [0.1, 0.15) is 11.5 Å². The van der Waals surface area contributed by atoms with Gasteiger partial charge in [-0.1, -0.05) is 37.2 Å². The predicted octanol–water partition coefficient (Wildman–Crippen LogP) is 4.48. The third-order valence-electron chi connectivity index (χ3n) is 4.19. The van der Waals surface area contributed by atoms with Crippen molar-refractivity contribution in [2.45, 2.75) is 25.5 Å². The Labute approximate surface area is 185 Å². The van der Waals surface area contributed by atoms with Crippen LogP contribution in [0, 0.1) is 21.8 Å². The number of hydrogen-bond donors (Lipinski definition) is 1. The zero-order chi connectivity index (χ0) is 22.7. The molecule has 0 spiro atoms. The van der Waals surface area contributed by atoms with Crippen LogP contribution >= 0.6 is 23.4 Å². The van der Waals surface area contributed by atoms with Crippen LogP contribution in [0.25, 0.3) is 10.9 Å². The average molecular weight is 465 g/mol. The van der Waals surface area contributed by atoms with E-state index in [0.717, 1.165) is 30.0 Å². The first-order chi connectivity index (χ1) is 14.7. The lowest BCUT2D eigenvalue weighted by molar-refractivity contribution is -0.384. The average Bonchev–Trinajstić information content (AvgIpc) is 2.69. The fraction of sp³-hybridized carbons (Fsp3) is 0.250. The van der Waals surface area contributed by atoms with Gasteiger partial charge in [0.2, 0.25) is 5.91 Å². The molecule has 0 radical (unpaired) electrons. The zero-order valence-electron chi connectivity index (χ0n) is 16.6. The molecular formula is C20H18ClFN4O4S. The number of anilines is 1. The van der Waals surface area contributed by atoms with Crippen LogP contribution in [-0.4, -0.2) is 26.1 Å². The lowest BCUT2D eigenvalue weighted by Gasteiger charge is -2.15. The molecule has 0 saturated heterocycles.